The molecule has 0 bridgehead atoms. The number of hydrogen-bond acceptors (Lipinski definition) is 7. The third-order valence-electron chi connectivity index (χ3n) is 5.57. The zero-order valence-electron chi connectivity index (χ0n) is 18.3. The van der Waals surface area contributed by atoms with Crippen LogP contribution >= 0.6 is 0 Å². The monoisotopic (exact) mass is 437 g/mol. The summed E-state index contributed by atoms with van der Waals surface area (Å²) in [5.74, 6) is -1.19. The number of piperidine rings is 2. The van der Waals surface area contributed by atoms with E-state index in [1.165, 1.54) is 6.07 Å². The van der Waals surface area contributed by atoms with Crippen molar-refractivity contribution in [3.05, 3.63) is 24.0 Å². The van der Waals surface area contributed by atoms with Gasteiger partial charge >= 0.3 is 5.97 Å². The SMILES string of the molecule is CC(C)(C)OC(=O)CC1(O)CCN(c2ccc(NC3CCC(O)NC3=O)cc2F)CC1. The first-order chi connectivity index (χ1) is 14.4. The summed E-state index contributed by atoms with van der Waals surface area (Å²) >= 11 is 0. The van der Waals surface area contributed by atoms with Gasteiger partial charge in [-0.3, -0.25) is 9.59 Å². The van der Waals surface area contributed by atoms with Crippen LogP contribution in [0, 0.1) is 5.82 Å². The summed E-state index contributed by atoms with van der Waals surface area (Å²) in [5.41, 5.74) is -0.870. The fourth-order valence-electron chi connectivity index (χ4n) is 3.97. The number of ether oxygens (including phenoxy) is 1. The van der Waals surface area contributed by atoms with Crippen LogP contribution in [-0.4, -0.2) is 58.7 Å². The van der Waals surface area contributed by atoms with Gasteiger partial charge in [0.2, 0.25) is 5.91 Å². The van der Waals surface area contributed by atoms with Crippen LogP contribution in [0.2, 0.25) is 0 Å². The number of anilines is 2. The summed E-state index contributed by atoms with van der Waals surface area (Å²) in [6, 6.07) is 4.17. The maximum Gasteiger partial charge on any atom is 0.309 e. The number of halogens is 1. The molecular weight excluding hydrogens is 405 g/mol. The van der Waals surface area contributed by atoms with Gasteiger partial charge in [-0.05, 0) is 64.7 Å². The van der Waals surface area contributed by atoms with Crippen LogP contribution in [0.5, 0.6) is 0 Å². The fourth-order valence-corrected chi connectivity index (χ4v) is 3.97. The minimum absolute atomic E-state index is 0.0817. The first-order valence-electron chi connectivity index (χ1n) is 10.7. The molecule has 3 rings (SSSR count). The smallest absolute Gasteiger partial charge is 0.309 e. The Morgan fingerprint density at radius 2 is 2.00 bits per heavy atom. The molecule has 0 aliphatic carbocycles. The molecule has 2 aliphatic rings. The Morgan fingerprint density at radius 1 is 1.32 bits per heavy atom. The maximum atomic E-state index is 14.8. The Balaban J connectivity index is 1.57. The molecule has 2 heterocycles. The Bertz CT molecular complexity index is 818. The molecule has 0 saturated carbocycles. The van der Waals surface area contributed by atoms with Crippen LogP contribution in [0.15, 0.2) is 18.2 Å². The van der Waals surface area contributed by atoms with E-state index in [0.29, 0.717) is 50.1 Å². The number of amides is 1. The molecule has 2 saturated heterocycles. The molecule has 8 nitrogen and oxygen atoms in total. The number of nitrogens with one attached hydrogen (secondary N) is 2. The predicted molar refractivity (Wildman–Crippen MR) is 114 cm³/mol. The summed E-state index contributed by atoms with van der Waals surface area (Å²) in [5, 5.41) is 25.7. The molecule has 0 spiro atoms. The second-order valence-electron chi connectivity index (χ2n) is 9.44. The molecule has 0 radical (unpaired) electrons. The number of benzene rings is 1. The van der Waals surface area contributed by atoms with Crippen LogP contribution in [0.1, 0.15) is 52.9 Å². The van der Waals surface area contributed by atoms with E-state index in [1.807, 2.05) is 4.90 Å². The Morgan fingerprint density at radius 3 is 2.58 bits per heavy atom. The van der Waals surface area contributed by atoms with E-state index in [2.05, 4.69) is 10.6 Å². The molecule has 4 N–H and O–H groups in total. The van der Waals surface area contributed by atoms with Crippen LogP contribution in [0.25, 0.3) is 0 Å². The van der Waals surface area contributed by atoms with Crippen LogP contribution in [0.4, 0.5) is 15.8 Å². The van der Waals surface area contributed by atoms with Gasteiger partial charge in [-0.2, -0.15) is 0 Å². The molecule has 1 aromatic carbocycles. The first-order valence-corrected chi connectivity index (χ1v) is 10.7. The molecular formula is C22H32FN3O5. The normalized spacial score (nSPS) is 23.8. The van der Waals surface area contributed by atoms with Gasteiger partial charge in [0.1, 0.15) is 23.7 Å². The summed E-state index contributed by atoms with van der Waals surface area (Å²) in [7, 11) is 0. The van der Waals surface area contributed by atoms with Crippen LogP contribution < -0.4 is 15.5 Å². The van der Waals surface area contributed by atoms with Gasteiger partial charge in [0.25, 0.3) is 0 Å². The topological polar surface area (TPSA) is 111 Å². The predicted octanol–water partition coefficient (Wildman–Crippen LogP) is 1.90. The fraction of sp³-hybridized carbons (Fsp3) is 0.636. The molecule has 2 aliphatic heterocycles. The molecule has 172 valence electrons. The number of aliphatic hydroxyl groups excluding tert-OH is 1. The number of aliphatic hydroxyl groups is 2. The van der Waals surface area contributed by atoms with Gasteiger partial charge in [0.15, 0.2) is 0 Å². The van der Waals surface area contributed by atoms with Gasteiger partial charge in [-0.25, -0.2) is 4.39 Å². The van der Waals surface area contributed by atoms with Crippen LogP contribution in [0.3, 0.4) is 0 Å². The average Bonchev–Trinajstić information content (AvgIpc) is 2.63. The molecule has 9 heteroatoms. The number of hydrogen-bond donors (Lipinski definition) is 4. The first kappa shape index (κ1) is 23.3. The van der Waals surface area contributed by atoms with Crippen molar-refractivity contribution in [2.24, 2.45) is 0 Å². The highest BCUT2D eigenvalue weighted by atomic mass is 19.1. The number of esters is 1. The lowest BCUT2D eigenvalue weighted by molar-refractivity contribution is -0.161. The van der Waals surface area contributed by atoms with Crippen molar-refractivity contribution in [1.82, 2.24) is 5.32 Å². The molecule has 2 atom stereocenters. The van der Waals surface area contributed by atoms with Crippen molar-refractivity contribution < 1.29 is 28.9 Å². The van der Waals surface area contributed by atoms with Crippen molar-refractivity contribution >= 4 is 23.3 Å². The number of carbonyl (C=O) groups is 2. The molecule has 0 aromatic heterocycles. The quantitative estimate of drug-likeness (QED) is 0.521. The lowest BCUT2D eigenvalue weighted by Crippen LogP contribution is -2.49. The number of nitrogens with zero attached hydrogens (tertiary/aromatic N) is 1. The second kappa shape index (κ2) is 9.00. The molecule has 31 heavy (non-hydrogen) atoms. The molecule has 2 fully saturated rings. The Hall–Kier alpha value is -2.39. The lowest BCUT2D eigenvalue weighted by Gasteiger charge is -2.39. The number of carbonyl (C=O) groups excluding carboxylic acids is 2. The average molecular weight is 438 g/mol. The van der Waals surface area contributed by atoms with E-state index in [1.54, 1.807) is 32.9 Å². The highest BCUT2D eigenvalue weighted by Crippen LogP contribution is 2.32. The molecule has 2 unspecified atom stereocenters. The highest BCUT2D eigenvalue weighted by molar-refractivity contribution is 5.85. The summed E-state index contributed by atoms with van der Waals surface area (Å²) in [6.07, 6.45) is 0.634. The van der Waals surface area contributed by atoms with E-state index in [-0.39, 0.29) is 12.3 Å². The summed E-state index contributed by atoms with van der Waals surface area (Å²) < 4.78 is 20.1. The van der Waals surface area contributed by atoms with Gasteiger partial charge in [-0.15, -0.1) is 0 Å². The zero-order valence-corrected chi connectivity index (χ0v) is 18.3. The third-order valence-corrected chi connectivity index (χ3v) is 5.57. The van der Waals surface area contributed by atoms with E-state index in [4.69, 9.17) is 4.74 Å². The lowest BCUT2D eigenvalue weighted by atomic mass is 9.88. The van der Waals surface area contributed by atoms with Crippen molar-refractivity contribution in [3.63, 3.8) is 0 Å². The summed E-state index contributed by atoms with van der Waals surface area (Å²) in [6.45, 7) is 6.16. The second-order valence-corrected chi connectivity index (χ2v) is 9.44. The van der Waals surface area contributed by atoms with E-state index < -0.39 is 35.3 Å². The van der Waals surface area contributed by atoms with Crippen LogP contribution in [-0.2, 0) is 14.3 Å². The van der Waals surface area contributed by atoms with E-state index in [9.17, 15) is 24.2 Å². The molecule has 1 amide bonds. The highest BCUT2D eigenvalue weighted by Gasteiger charge is 2.36. The standard InChI is InChI=1S/C22H32FN3O5/c1-21(2,3)31-19(28)13-22(30)8-10-26(11-9-22)17-6-4-14(12-15(17)23)24-16-5-7-18(27)25-20(16)29/h4,6,12,16,18,24,27,30H,5,7-11,13H2,1-3H3,(H,25,29). The Labute approximate surface area is 181 Å². The van der Waals surface area contributed by atoms with Gasteiger partial charge in [-0.1, -0.05) is 0 Å². The largest absolute Gasteiger partial charge is 0.460 e. The van der Waals surface area contributed by atoms with Crippen molar-refractivity contribution in [3.8, 4) is 0 Å². The third kappa shape index (κ3) is 6.30. The van der Waals surface area contributed by atoms with Gasteiger partial charge in [0, 0.05) is 18.8 Å². The van der Waals surface area contributed by atoms with E-state index in [0.717, 1.165) is 0 Å². The number of rotatable bonds is 5. The van der Waals surface area contributed by atoms with Crippen molar-refractivity contribution in [2.45, 2.75) is 76.3 Å². The zero-order chi connectivity index (χ0) is 22.8. The van der Waals surface area contributed by atoms with Crippen molar-refractivity contribution in [1.29, 1.82) is 0 Å². The Kier molecular flexibility index (Phi) is 6.76. The van der Waals surface area contributed by atoms with Gasteiger partial charge < -0.3 is 30.5 Å². The van der Waals surface area contributed by atoms with E-state index >= 15 is 0 Å². The minimum atomic E-state index is -1.16. The minimum Gasteiger partial charge on any atom is -0.460 e. The van der Waals surface area contributed by atoms with Crippen molar-refractivity contribution in [2.75, 3.05) is 23.3 Å². The van der Waals surface area contributed by atoms with Gasteiger partial charge in [0.05, 0.1) is 17.7 Å². The molecule has 1 aromatic rings. The summed E-state index contributed by atoms with van der Waals surface area (Å²) in [4.78, 5) is 25.8. The maximum absolute atomic E-state index is 14.8.